The molecule has 7 nitrogen and oxygen atoms in total. The first-order valence-electron chi connectivity index (χ1n) is 9.14. The molecule has 0 bridgehead atoms. The minimum atomic E-state index is -0.351. The van der Waals surface area contributed by atoms with Crippen molar-refractivity contribution >= 4 is 5.91 Å². The average Bonchev–Trinajstić information content (AvgIpc) is 3.26. The second-order valence-corrected chi connectivity index (χ2v) is 7.19. The van der Waals surface area contributed by atoms with Crippen LogP contribution in [-0.4, -0.2) is 46.2 Å². The monoisotopic (exact) mass is 356 g/mol. The predicted molar refractivity (Wildman–Crippen MR) is 94.0 cm³/mol. The van der Waals surface area contributed by atoms with E-state index in [9.17, 15) is 4.79 Å². The largest absolute Gasteiger partial charge is 0.364 e. The van der Waals surface area contributed by atoms with Gasteiger partial charge < -0.3 is 14.6 Å². The van der Waals surface area contributed by atoms with Crippen LogP contribution in [-0.2, 0) is 22.6 Å². The lowest BCUT2D eigenvalue weighted by atomic mass is 9.91. The van der Waals surface area contributed by atoms with E-state index in [0.29, 0.717) is 12.5 Å². The molecule has 0 saturated carbocycles. The highest BCUT2D eigenvalue weighted by Crippen LogP contribution is 2.33. The maximum Gasteiger partial charge on any atom is 0.249 e. The van der Waals surface area contributed by atoms with Crippen molar-refractivity contribution < 1.29 is 14.1 Å². The van der Waals surface area contributed by atoms with Crippen molar-refractivity contribution in [1.29, 1.82) is 0 Å². The normalized spacial score (nSPS) is 25.8. The minimum absolute atomic E-state index is 0.0260. The number of nitrogens with zero attached hydrogens (tertiary/aromatic N) is 3. The molecule has 2 aromatic heterocycles. The smallest absolute Gasteiger partial charge is 0.249 e. The van der Waals surface area contributed by atoms with Crippen LogP contribution >= 0.6 is 0 Å². The third-order valence-electron chi connectivity index (χ3n) is 5.18. The third-order valence-corrected chi connectivity index (χ3v) is 5.18. The van der Waals surface area contributed by atoms with Gasteiger partial charge in [-0.15, -0.1) is 0 Å². The van der Waals surface area contributed by atoms with Crippen LogP contribution in [0.5, 0.6) is 0 Å². The van der Waals surface area contributed by atoms with E-state index in [1.807, 2.05) is 25.1 Å². The quantitative estimate of drug-likeness (QED) is 0.878. The zero-order valence-electron chi connectivity index (χ0n) is 14.9. The number of likely N-dealkylation sites (tertiary alicyclic amines) is 1. The number of ether oxygens (including phenoxy) is 1. The number of rotatable bonds is 5. The molecule has 0 aliphatic carbocycles. The average molecular weight is 356 g/mol. The van der Waals surface area contributed by atoms with Crippen LogP contribution in [0.3, 0.4) is 0 Å². The Hall–Kier alpha value is -2.25. The van der Waals surface area contributed by atoms with Gasteiger partial charge in [0, 0.05) is 38.1 Å². The van der Waals surface area contributed by atoms with Crippen LogP contribution in [0.25, 0.3) is 0 Å². The molecule has 26 heavy (non-hydrogen) atoms. The lowest BCUT2D eigenvalue weighted by Gasteiger charge is -2.33. The summed E-state index contributed by atoms with van der Waals surface area (Å²) in [5.74, 6) is 1.26. The molecule has 4 heterocycles. The molecule has 1 amide bonds. The molecule has 0 spiro atoms. The Morgan fingerprint density at radius 3 is 3.15 bits per heavy atom. The maximum atomic E-state index is 12.4. The van der Waals surface area contributed by atoms with Crippen molar-refractivity contribution in [1.82, 2.24) is 20.4 Å². The molecule has 0 unspecified atom stereocenters. The van der Waals surface area contributed by atoms with E-state index in [4.69, 9.17) is 9.26 Å². The summed E-state index contributed by atoms with van der Waals surface area (Å²) in [6.07, 6.45) is 5.11. The van der Waals surface area contributed by atoms with Gasteiger partial charge in [0.1, 0.15) is 11.9 Å². The van der Waals surface area contributed by atoms with E-state index < -0.39 is 0 Å². The topological polar surface area (TPSA) is 80.5 Å². The van der Waals surface area contributed by atoms with E-state index in [1.54, 1.807) is 12.4 Å². The van der Waals surface area contributed by atoms with Gasteiger partial charge in [0.25, 0.3) is 0 Å². The Labute approximate surface area is 152 Å². The number of carbonyl (C=O) groups is 1. The van der Waals surface area contributed by atoms with Gasteiger partial charge in [-0.3, -0.25) is 14.7 Å². The lowest BCUT2D eigenvalue weighted by Crippen LogP contribution is -2.42. The molecule has 1 N–H and O–H groups in total. The van der Waals surface area contributed by atoms with Crippen LogP contribution in [0, 0.1) is 12.8 Å². The van der Waals surface area contributed by atoms with Crippen LogP contribution < -0.4 is 5.32 Å². The highest BCUT2D eigenvalue weighted by molar-refractivity contribution is 5.81. The second-order valence-electron chi connectivity index (χ2n) is 7.19. The summed E-state index contributed by atoms with van der Waals surface area (Å²) in [4.78, 5) is 18.8. The molecule has 2 saturated heterocycles. The number of nitrogens with one attached hydrogen (secondary N) is 1. The molecule has 2 aromatic rings. The van der Waals surface area contributed by atoms with Gasteiger partial charge in [-0.2, -0.15) is 0 Å². The first-order valence-corrected chi connectivity index (χ1v) is 9.14. The second kappa shape index (κ2) is 7.55. The van der Waals surface area contributed by atoms with Crippen molar-refractivity contribution in [3.05, 3.63) is 47.6 Å². The summed E-state index contributed by atoms with van der Waals surface area (Å²) in [6.45, 7) is 4.99. The Kier molecular flexibility index (Phi) is 4.99. The highest BCUT2D eigenvalue weighted by Gasteiger charge is 2.41. The Bertz CT molecular complexity index is 748. The van der Waals surface area contributed by atoms with Crippen molar-refractivity contribution in [2.24, 2.45) is 5.92 Å². The molecule has 4 rings (SSSR count). The van der Waals surface area contributed by atoms with E-state index >= 15 is 0 Å². The first-order chi connectivity index (χ1) is 12.7. The van der Waals surface area contributed by atoms with Gasteiger partial charge in [0.05, 0.1) is 11.8 Å². The van der Waals surface area contributed by atoms with Crippen LogP contribution in [0.15, 0.2) is 35.1 Å². The van der Waals surface area contributed by atoms with Crippen molar-refractivity contribution in [3.8, 4) is 0 Å². The number of amides is 1. The van der Waals surface area contributed by atoms with Crippen molar-refractivity contribution in [3.63, 3.8) is 0 Å². The van der Waals surface area contributed by atoms with E-state index in [0.717, 1.165) is 49.5 Å². The fraction of sp³-hybridized carbons (Fsp3) is 0.526. The zero-order valence-corrected chi connectivity index (χ0v) is 14.9. The standard InChI is InChI=1S/C19H24N4O3/c1-13-7-16(22-26-13)11-23-6-4-15-8-17(25-18(15)12-23)19(24)21-10-14-3-2-5-20-9-14/h2-3,5,7,9,15,17-18H,4,6,8,10-12H2,1H3,(H,21,24)/t15-,17-,18+/m1/s1. The van der Waals surface area contributed by atoms with Gasteiger partial charge in [0.15, 0.2) is 0 Å². The summed E-state index contributed by atoms with van der Waals surface area (Å²) >= 11 is 0. The Morgan fingerprint density at radius 2 is 2.38 bits per heavy atom. The van der Waals surface area contributed by atoms with Crippen molar-refractivity contribution in [2.75, 3.05) is 13.1 Å². The molecule has 2 aliphatic rings. The summed E-state index contributed by atoms with van der Waals surface area (Å²) in [5, 5.41) is 7.03. The van der Waals surface area contributed by atoms with Crippen LogP contribution in [0.4, 0.5) is 0 Å². The molecule has 3 atom stereocenters. The van der Waals surface area contributed by atoms with Gasteiger partial charge >= 0.3 is 0 Å². The molecule has 2 aliphatic heterocycles. The van der Waals surface area contributed by atoms with Gasteiger partial charge in [-0.25, -0.2) is 0 Å². The Morgan fingerprint density at radius 1 is 1.46 bits per heavy atom. The van der Waals surface area contributed by atoms with E-state index in [-0.39, 0.29) is 18.1 Å². The van der Waals surface area contributed by atoms with Crippen LogP contribution in [0.1, 0.15) is 29.9 Å². The molecule has 2 fully saturated rings. The minimum Gasteiger partial charge on any atom is -0.364 e. The molecule has 0 aromatic carbocycles. The molecular weight excluding hydrogens is 332 g/mol. The molecular formula is C19H24N4O3. The van der Waals surface area contributed by atoms with Gasteiger partial charge in [-0.1, -0.05) is 11.2 Å². The zero-order chi connectivity index (χ0) is 17.9. The predicted octanol–water partition coefficient (Wildman–Crippen LogP) is 1.67. The number of hydrogen-bond acceptors (Lipinski definition) is 6. The fourth-order valence-electron chi connectivity index (χ4n) is 3.83. The number of aryl methyl sites for hydroxylation is 1. The Balaban J connectivity index is 1.28. The summed E-state index contributed by atoms with van der Waals surface area (Å²) < 4.78 is 11.2. The molecule has 0 radical (unpaired) electrons. The highest BCUT2D eigenvalue weighted by atomic mass is 16.5. The van der Waals surface area contributed by atoms with E-state index in [1.165, 1.54) is 0 Å². The summed E-state index contributed by atoms with van der Waals surface area (Å²) in [6, 6.07) is 5.79. The number of aromatic nitrogens is 2. The summed E-state index contributed by atoms with van der Waals surface area (Å²) in [7, 11) is 0. The summed E-state index contributed by atoms with van der Waals surface area (Å²) in [5.41, 5.74) is 1.94. The third kappa shape index (κ3) is 3.94. The molecule has 138 valence electrons. The van der Waals surface area contributed by atoms with Crippen LogP contribution in [0.2, 0.25) is 0 Å². The van der Waals surface area contributed by atoms with Crippen molar-refractivity contribution in [2.45, 2.75) is 45.1 Å². The molecule has 7 heteroatoms. The van der Waals surface area contributed by atoms with E-state index in [2.05, 4.69) is 20.4 Å². The number of hydrogen-bond donors (Lipinski definition) is 1. The number of pyridine rings is 1. The number of piperidine rings is 1. The maximum absolute atomic E-state index is 12.4. The SMILES string of the molecule is Cc1cc(CN2CC[C@@H]3C[C@H](C(=O)NCc4cccnc4)O[C@H]3C2)no1. The number of fused-ring (bicyclic) bond motifs is 1. The fourth-order valence-corrected chi connectivity index (χ4v) is 3.83. The number of carbonyl (C=O) groups excluding carboxylic acids is 1. The lowest BCUT2D eigenvalue weighted by molar-refractivity contribution is -0.133. The van der Waals surface area contributed by atoms with Gasteiger partial charge in [0.2, 0.25) is 5.91 Å². The van der Waals surface area contributed by atoms with Gasteiger partial charge in [-0.05, 0) is 43.9 Å². The first kappa shape index (κ1) is 17.2.